The van der Waals surface area contributed by atoms with Crippen molar-refractivity contribution in [2.24, 2.45) is 12.0 Å². The number of aromatic nitrogens is 1. The summed E-state index contributed by atoms with van der Waals surface area (Å²) in [5.74, 6) is 1.13. The fourth-order valence-electron chi connectivity index (χ4n) is 2.93. The van der Waals surface area contributed by atoms with E-state index in [4.69, 9.17) is 9.47 Å². The van der Waals surface area contributed by atoms with Gasteiger partial charge in [-0.05, 0) is 24.3 Å². The quantitative estimate of drug-likeness (QED) is 0.681. The first-order valence-electron chi connectivity index (χ1n) is 8.12. The molecule has 0 spiro atoms. The van der Waals surface area contributed by atoms with Gasteiger partial charge in [0.25, 0.3) is 0 Å². The van der Waals surface area contributed by atoms with Crippen LogP contribution in [0.5, 0.6) is 5.75 Å². The van der Waals surface area contributed by atoms with Crippen LogP contribution >= 0.6 is 0 Å². The van der Waals surface area contributed by atoms with Gasteiger partial charge in [-0.2, -0.15) is 0 Å². The second-order valence-corrected chi connectivity index (χ2v) is 6.03. The van der Waals surface area contributed by atoms with Crippen molar-refractivity contribution in [3.63, 3.8) is 0 Å². The van der Waals surface area contributed by atoms with Crippen LogP contribution in [0.1, 0.15) is 16.8 Å². The maximum absolute atomic E-state index is 13.8. The number of nitrogens with one attached hydrogen (secondary N) is 1. The molecule has 0 bridgehead atoms. The normalized spacial score (nSPS) is 14.0. The Morgan fingerprint density at radius 1 is 1.44 bits per heavy atom. The first-order valence-corrected chi connectivity index (χ1v) is 8.12. The minimum atomic E-state index is -0.295. The molecular formula is C18H23FN4O2. The molecule has 0 aliphatic carbocycles. The average molecular weight is 346 g/mol. The number of hydrogen-bond donors (Lipinski definition) is 1. The zero-order chi connectivity index (χ0) is 17.8. The maximum atomic E-state index is 13.8. The van der Waals surface area contributed by atoms with Crippen molar-refractivity contribution in [1.82, 2.24) is 14.8 Å². The monoisotopic (exact) mass is 346 g/mol. The van der Waals surface area contributed by atoms with E-state index in [1.165, 1.54) is 17.8 Å². The van der Waals surface area contributed by atoms with E-state index in [0.29, 0.717) is 18.9 Å². The van der Waals surface area contributed by atoms with Gasteiger partial charge in [-0.3, -0.25) is 4.99 Å². The molecule has 0 unspecified atom stereocenters. The maximum Gasteiger partial charge on any atom is 0.194 e. The van der Waals surface area contributed by atoms with Crippen molar-refractivity contribution in [2.75, 3.05) is 20.9 Å². The lowest BCUT2D eigenvalue weighted by Crippen LogP contribution is -2.38. The van der Waals surface area contributed by atoms with Crippen LogP contribution in [0.2, 0.25) is 0 Å². The van der Waals surface area contributed by atoms with Gasteiger partial charge in [-0.25, -0.2) is 4.39 Å². The second-order valence-electron chi connectivity index (χ2n) is 6.03. The highest BCUT2D eigenvalue weighted by atomic mass is 19.1. The highest BCUT2D eigenvalue weighted by Gasteiger charge is 2.17. The molecule has 2 heterocycles. The molecule has 0 fully saturated rings. The van der Waals surface area contributed by atoms with Gasteiger partial charge in [0.15, 0.2) is 12.8 Å². The number of guanidine groups is 1. The molecule has 1 N–H and O–H groups in total. The molecule has 0 radical (unpaired) electrons. The summed E-state index contributed by atoms with van der Waals surface area (Å²) in [6.07, 6.45) is 2.01. The molecule has 7 heteroatoms. The topological polar surface area (TPSA) is 51.0 Å². The number of benzene rings is 1. The molecule has 3 rings (SSSR count). The molecular weight excluding hydrogens is 323 g/mol. The summed E-state index contributed by atoms with van der Waals surface area (Å²) < 4.78 is 26.7. The lowest BCUT2D eigenvalue weighted by molar-refractivity contribution is -0.0173. The number of rotatable bonds is 4. The number of halogens is 1. The van der Waals surface area contributed by atoms with Crippen LogP contribution in [0.3, 0.4) is 0 Å². The fourth-order valence-corrected chi connectivity index (χ4v) is 2.93. The van der Waals surface area contributed by atoms with Crippen molar-refractivity contribution < 1.29 is 13.9 Å². The number of aryl methyl sites for hydroxylation is 1. The van der Waals surface area contributed by atoms with Crippen molar-refractivity contribution in [3.05, 3.63) is 53.1 Å². The fraction of sp³-hybridized carbons (Fsp3) is 0.389. The third-order valence-corrected chi connectivity index (χ3v) is 4.21. The molecule has 0 saturated carbocycles. The van der Waals surface area contributed by atoms with E-state index >= 15 is 0 Å². The molecule has 1 aromatic heterocycles. The molecule has 0 atom stereocenters. The van der Waals surface area contributed by atoms with Crippen LogP contribution in [0, 0.1) is 5.82 Å². The molecule has 6 nitrogen and oxygen atoms in total. The molecule has 0 amide bonds. The van der Waals surface area contributed by atoms with Gasteiger partial charge in [0.05, 0.1) is 13.2 Å². The Kier molecular flexibility index (Phi) is 5.23. The van der Waals surface area contributed by atoms with Gasteiger partial charge >= 0.3 is 0 Å². The Labute approximate surface area is 146 Å². The summed E-state index contributed by atoms with van der Waals surface area (Å²) >= 11 is 0. The molecule has 1 aliphatic rings. The van der Waals surface area contributed by atoms with E-state index in [-0.39, 0.29) is 12.6 Å². The van der Waals surface area contributed by atoms with E-state index < -0.39 is 0 Å². The number of nitrogens with zero attached hydrogens (tertiary/aromatic N) is 3. The predicted octanol–water partition coefficient (Wildman–Crippen LogP) is 2.24. The summed E-state index contributed by atoms with van der Waals surface area (Å²) in [6.45, 7) is 1.69. The van der Waals surface area contributed by atoms with Crippen molar-refractivity contribution in [3.8, 4) is 5.75 Å². The van der Waals surface area contributed by atoms with Crippen LogP contribution in [-0.2, 0) is 31.5 Å². The number of fused-ring (bicyclic) bond motifs is 1. The molecule has 0 saturated heterocycles. The van der Waals surface area contributed by atoms with Crippen molar-refractivity contribution in [1.29, 1.82) is 0 Å². The second kappa shape index (κ2) is 7.57. The molecule has 25 heavy (non-hydrogen) atoms. The Hall–Kier alpha value is -2.54. The Balaban J connectivity index is 1.69. The van der Waals surface area contributed by atoms with Gasteiger partial charge in [-0.1, -0.05) is 0 Å². The summed E-state index contributed by atoms with van der Waals surface area (Å²) in [5, 5.41) is 3.27. The molecule has 134 valence electrons. The summed E-state index contributed by atoms with van der Waals surface area (Å²) in [4.78, 5) is 6.33. The lowest BCUT2D eigenvalue weighted by Gasteiger charge is -2.24. The SMILES string of the molecule is CN=C(NCc1cc(F)cc2c1OCOC2)N(C)Cc1cccn1C. The summed E-state index contributed by atoms with van der Waals surface area (Å²) in [7, 11) is 5.71. The minimum absolute atomic E-state index is 0.188. The van der Waals surface area contributed by atoms with Gasteiger partial charge in [0.1, 0.15) is 11.6 Å². The minimum Gasteiger partial charge on any atom is -0.467 e. The van der Waals surface area contributed by atoms with Gasteiger partial charge in [0.2, 0.25) is 0 Å². The van der Waals surface area contributed by atoms with Gasteiger partial charge in [-0.15, -0.1) is 0 Å². The smallest absolute Gasteiger partial charge is 0.194 e. The zero-order valence-electron chi connectivity index (χ0n) is 14.8. The standard InChI is InChI=1S/C18H23FN4O2/c1-20-18(23(3)10-16-5-4-6-22(16)2)21-9-13-7-15(19)8-14-11-24-12-25-17(13)14/h4-8H,9-12H2,1-3H3,(H,20,21). The Morgan fingerprint density at radius 3 is 3.00 bits per heavy atom. The highest BCUT2D eigenvalue weighted by molar-refractivity contribution is 5.79. The lowest BCUT2D eigenvalue weighted by atomic mass is 10.1. The van der Waals surface area contributed by atoms with E-state index in [0.717, 1.165) is 23.6 Å². The molecule has 1 aliphatic heterocycles. The van der Waals surface area contributed by atoms with Crippen LogP contribution < -0.4 is 10.1 Å². The third kappa shape index (κ3) is 3.93. The first-order chi connectivity index (χ1) is 12.1. The summed E-state index contributed by atoms with van der Waals surface area (Å²) in [5.41, 5.74) is 2.66. The Morgan fingerprint density at radius 2 is 2.28 bits per heavy atom. The van der Waals surface area contributed by atoms with Crippen LogP contribution in [0.4, 0.5) is 4.39 Å². The largest absolute Gasteiger partial charge is 0.467 e. The third-order valence-electron chi connectivity index (χ3n) is 4.21. The van der Waals surface area contributed by atoms with Gasteiger partial charge < -0.3 is 24.3 Å². The van der Waals surface area contributed by atoms with Crippen LogP contribution in [-0.4, -0.2) is 36.3 Å². The van der Waals surface area contributed by atoms with E-state index in [1.54, 1.807) is 7.05 Å². The average Bonchev–Trinajstić information content (AvgIpc) is 3.00. The number of aliphatic imine (C=N–C) groups is 1. The number of ether oxygens (including phenoxy) is 2. The predicted molar refractivity (Wildman–Crippen MR) is 93.8 cm³/mol. The van der Waals surface area contributed by atoms with Crippen LogP contribution in [0.25, 0.3) is 0 Å². The van der Waals surface area contributed by atoms with Crippen molar-refractivity contribution >= 4 is 5.96 Å². The Bertz CT molecular complexity index is 772. The van der Waals surface area contributed by atoms with Crippen LogP contribution in [0.15, 0.2) is 35.5 Å². The highest BCUT2D eigenvalue weighted by Crippen LogP contribution is 2.29. The summed E-state index contributed by atoms with van der Waals surface area (Å²) in [6, 6.07) is 7.02. The van der Waals surface area contributed by atoms with E-state index in [1.807, 2.05) is 31.3 Å². The molecule has 2 aromatic rings. The zero-order valence-corrected chi connectivity index (χ0v) is 14.8. The van der Waals surface area contributed by atoms with E-state index in [9.17, 15) is 4.39 Å². The van der Waals surface area contributed by atoms with Gasteiger partial charge in [0, 0.05) is 50.7 Å². The van der Waals surface area contributed by atoms with Crippen molar-refractivity contribution in [2.45, 2.75) is 19.7 Å². The molecule has 1 aromatic carbocycles. The van der Waals surface area contributed by atoms with E-state index in [2.05, 4.69) is 20.9 Å². The first kappa shape index (κ1) is 17.3. The number of hydrogen-bond acceptors (Lipinski definition) is 3.